The Hall–Kier alpha value is -4.31. The lowest BCUT2D eigenvalue weighted by atomic mass is 10.1. The van der Waals surface area contributed by atoms with Gasteiger partial charge in [-0.1, -0.05) is 35.6 Å². The maximum atomic E-state index is 13.2. The molecule has 9 nitrogen and oxygen atoms in total. The zero-order chi connectivity index (χ0) is 24.6. The molecule has 1 N–H and O–H groups in total. The summed E-state index contributed by atoms with van der Waals surface area (Å²) in [4.78, 5) is 39.9. The van der Waals surface area contributed by atoms with Crippen LogP contribution in [0.1, 0.15) is 15.9 Å². The average Bonchev–Trinajstić information content (AvgIpc) is 3.32. The molecular formula is C26H23N7O2S. The Labute approximate surface area is 210 Å². The molecular weight excluding hydrogens is 474 g/mol. The van der Waals surface area contributed by atoms with Crippen LogP contribution in [0.2, 0.25) is 0 Å². The van der Waals surface area contributed by atoms with Gasteiger partial charge in [0.25, 0.3) is 11.5 Å². The van der Waals surface area contributed by atoms with Gasteiger partial charge < -0.3 is 15.1 Å². The molecule has 2 aromatic carbocycles. The van der Waals surface area contributed by atoms with Crippen LogP contribution < -0.4 is 15.8 Å². The molecule has 36 heavy (non-hydrogen) atoms. The molecule has 1 aliphatic heterocycles. The highest BCUT2D eigenvalue weighted by Crippen LogP contribution is 2.25. The number of aromatic nitrogens is 4. The summed E-state index contributed by atoms with van der Waals surface area (Å²) in [6.45, 7) is 4.64. The van der Waals surface area contributed by atoms with Gasteiger partial charge in [-0.3, -0.25) is 9.59 Å². The maximum absolute atomic E-state index is 13.2. The van der Waals surface area contributed by atoms with Crippen LogP contribution >= 0.6 is 11.3 Å². The Bertz CT molecular complexity index is 1640. The first-order valence-electron chi connectivity index (χ1n) is 11.7. The zero-order valence-corrected chi connectivity index (χ0v) is 20.4. The number of hydrogen-bond donors (Lipinski definition) is 1. The molecule has 180 valence electrons. The number of pyridine rings is 1. The first-order valence-corrected chi connectivity index (χ1v) is 12.5. The summed E-state index contributed by atoms with van der Waals surface area (Å²) >= 11 is 1.29. The summed E-state index contributed by atoms with van der Waals surface area (Å²) in [5.74, 6) is 0.857. The van der Waals surface area contributed by atoms with E-state index < -0.39 is 0 Å². The van der Waals surface area contributed by atoms with Gasteiger partial charge in [0, 0.05) is 43.6 Å². The Kier molecular flexibility index (Phi) is 5.57. The summed E-state index contributed by atoms with van der Waals surface area (Å²) in [5.41, 5.74) is 2.75. The molecule has 0 aliphatic carbocycles. The van der Waals surface area contributed by atoms with E-state index in [4.69, 9.17) is 0 Å². The van der Waals surface area contributed by atoms with Crippen LogP contribution in [-0.2, 0) is 0 Å². The molecule has 0 bridgehead atoms. The Morgan fingerprint density at radius 1 is 1.00 bits per heavy atom. The quantitative estimate of drug-likeness (QED) is 0.404. The normalized spacial score (nSPS) is 13.9. The van der Waals surface area contributed by atoms with Gasteiger partial charge in [-0.15, -0.1) is 5.10 Å². The first-order chi connectivity index (χ1) is 17.6. The predicted octanol–water partition coefficient (Wildman–Crippen LogP) is 3.71. The number of fused-ring (bicyclic) bond motifs is 2. The molecule has 1 aliphatic rings. The number of piperazine rings is 1. The van der Waals surface area contributed by atoms with Crippen molar-refractivity contribution >= 4 is 49.7 Å². The number of benzene rings is 2. The number of anilines is 3. The minimum absolute atomic E-state index is 0.0641. The second-order valence-corrected chi connectivity index (χ2v) is 9.61. The van der Waals surface area contributed by atoms with E-state index in [0.717, 1.165) is 17.1 Å². The molecule has 0 unspecified atom stereocenters. The van der Waals surface area contributed by atoms with E-state index in [1.807, 2.05) is 54.3 Å². The Morgan fingerprint density at radius 2 is 1.81 bits per heavy atom. The summed E-state index contributed by atoms with van der Waals surface area (Å²) in [5, 5.41) is 8.70. The van der Waals surface area contributed by atoms with Gasteiger partial charge in [0.1, 0.15) is 5.82 Å². The second kappa shape index (κ2) is 9.04. The van der Waals surface area contributed by atoms with Crippen molar-refractivity contribution < 1.29 is 4.79 Å². The van der Waals surface area contributed by atoms with Crippen molar-refractivity contribution in [1.29, 1.82) is 0 Å². The van der Waals surface area contributed by atoms with Gasteiger partial charge in [-0.05, 0) is 48.9 Å². The van der Waals surface area contributed by atoms with Gasteiger partial charge >= 0.3 is 0 Å². The lowest BCUT2D eigenvalue weighted by molar-refractivity contribution is 0.0746. The van der Waals surface area contributed by atoms with Crippen molar-refractivity contribution in [3.63, 3.8) is 0 Å². The second-order valence-electron chi connectivity index (χ2n) is 8.66. The minimum Gasteiger partial charge on any atom is -0.353 e. The van der Waals surface area contributed by atoms with Gasteiger partial charge in [-0.25, -0.2) is 9.97 Å². The fourth-order valence-electron chi connectivity index (χ4n) is 4.38. The zero-order valence-electron chi connectivity index (χ0n) is 19.6. The van der Waals surface area contributed by atoms with Crippen molar-refractivity contribution in [2.45, 2.75) is 6.92 Å². The molecule has 6 rings (SSSR count). The van der Waals surface area contributed by atoms with Crippen molar-refractivity contribution in [3.8, 4) is 0 Å². The molecule has 0 atom stereocenters. The van der Waals surface area contributed by atoms with E-state index in [-0.39, 0.29) is 11.5 Å². The predicted molar refractivity (Wildman–Crippen MR) is 141 cm³/mol. The monoisotopic (exact) mass is 497 g/mol. The van der Waals surface area contributed by atoms with Crippen molar-refractivity contribution in [2.75, 3.05) is 36.4 Å². The first kappa shape index (κ1) is 22.2. The van der Waals surface area contributed by atoms with Crippen LogP contribution in [0, 0.1) is 6.92 Å². The largest absolute Gasteiger partial charge is 0.353 e. The molecule has 1 saturated heterocycles. The fourth-order valence-corrected chi connectivity index (χ4v) is 5.19. The minimum atomic E-state index is -0.257. The molecule has 0 spiro atoms. The fraction of sp³-hybridized carbons (Fsp3) is 0.192. The van der Waals surface area contributed by atoms with Crippen LogP contribution in [0.15, 0.2) is 71.7 Å². The van der Waals surface area contributed by atoms with E-state index in [1.54, 1.807) is 24.4 Å². The number of nitrogens with zero attached hydrogens (tertiary/aromatic N) is 6. The molecule has 4 heterocycles. The topological polar surface area (TPSA) is 95.7 Å². The van der Waals surface area contributed by atoms with E-state index in [9.17, 15) is 9.59 Å². The number of carbonyl (C=O) groups excluding carboxylic acids is 1. The Morgan fingerprint density at radius 3 is 2.58 bits per heavy atom. The third-order valence-corrected chi connectivity index (χ3v) is 7.19. The molecule has 10 heteroatoms. The van der Waals surface area contributed by atoms with Gasteiger partial charge in [0.05, 0.1) is 10.9 Å². The molecule has 0 radical (unpaired) electrons. The highest BCUT2D eigenvalue weighted by atomic mass is 32.1. The van der Waals surface area contributed by atoms with Crippen LogP contribution in [0.25, 0.3) is 15.9 Å². The number of hydrogen-bond acceptors (Lipinski definition) is 8. The number of nitrogens with one attached hydrogen (secondary N) is 1. The van der Waals surface area contributed by atoms with Crippen molar-refractivity contribution in [3.05, 3.63) is 88.3 Å². The number of amides is 1. The molecule has 3 aromatic heterocycles. The van der Waals surface area contributed by atoms with Gasteiger partial charge in [0.15, 0.2) is 0 Å². The smallest absolute Gasteiger partial charge is 0.283 e. The molecule has 5 aromatic rings. The number of rotatable bonds is 4. The standard InChI is InChI=1S/C26H23N7O2S/c1-17-6-2-3-7-20(17)28-25-30-33-24(35)19-10-9-18(16-21(19)29-26(33)36-25)23(34)32-14-12-31(13-15-32)22-8-4-5-11-27-22/h2-11,16H,12-15H2,1H3,(H,28,30). The van der Waals surface area contributed by atoms with Crippen LogP contribution in [-0.4, -0.2) is 56.6 Å². The van der Waals surface area contributed by atoms with E-state index >= 15 is 0 Å². The number of para-hydroxylation sites is 1. The summed E-state index contributed by atoms with van der Waals surface area (Å²) in [7, 11) is 0. The highest BCUT2D eigenvalue weighted by molar-refractivity contribution is 7.20. The summed E-state index contributed by atoms with van der Waals surface area (Å²) in [6, 6.07) is 18.8. The third-order valence-electron chi connectivity index (χ3n) is 6.37. The van der Waals surface area contributed by atoms with E-state index in [2.05, 4.69) is 25.3 Å². The van der Waals surface area contributed by atoms with Gasteiger partial charge in [-0.2, -0.15) is 4.52 Å². The summed E-state index contributed by atoms with van der Waals surface area (Å²) < 4.78 is 1.31. The molecule has 1 fully saturated rings. The number of aryl methyl sites for hydroxylation is 1. The van der Waals surface area contributed by atoms with Crippen molar-refractivity contribution in [1.82, 2.24) is 24.5 Å². The lowest BCUT2D eigenvalue weighted by Crippen LogP contribution is -2.49. The number of carbonyl (C=O) groups is 1. The lowest BCUT2D eigenvalue weighted by Gasteiger charge is -2.35. The maximum Gasteiger partial charge on any atom is 0.283 e. The summed E-state index contributed by atoms with van der Waals surface area (Å²) in [6.07, 6.45) is 1.78. The van der Waals surface area contributed by atoms with Crippen LogP contribution in [0.3, 0.4) is 0 Å². The van der Waals surface area contributed by atoms with E-state index in [0.29, 0.717) is 52.7 Å². The average molecular weight is 498 g/mol. The van der Waals surface area contributed by atoms with Gasteiger partial charge in [0.2, 0.25) is 10.1 Å². The van der Waals surface area contributed by atoms with Crippen LogP contribution in [0.5, 0.6) is 0 Å². The van der Waals surface area contributed by atoms with E-state index in [1.165, 1.54) is 15.9 Å². The van der Waals surface area contributed by atoms with Crippen molar-refractivity contribution in [2.24, 2.45) is 0 Å². The third kappa shape index (κ3) is 4.05. The highest BCUT2D eigenvalue weighted by Gasteiger charge is 2.23. The van der Waals surface area contributed by atoms with Crippen LogP contribution in [0.4, 0.5) is 16.6 Å². The SMILES string of the molecule is Cc1ccccc1Nc1nn2c(=O)c3ccc(C(=O)N4CCN(c5ccccn5)CC4)cc3nc2s1. The molecule has 0 saturated carbocycles. The molecule has 1 amide bonds. The Balaban J connectivity index is 1.25.